The summed E-state index contributed by atoms with van der Waals surface area (Å²) in [7, 11) is 1.96. The Kier molecular flexibility index (Phi) is 7.41. The van der Waals surface area contributed by atoms with Gasteiger partial charge in [-0.25, -0.2) is 4.98 Å². The number of nitrogens with one attached hydrogen (secondary N) is 2. The quantitative estimate of drug-likeness (QED) is 0.191. The molecule has 0 spiro atoms. The molecule has 0 saturated heterocycles. The molecule has 2 amide bonds. The molecule has 1 aliphatic rings. The summed E-state index contributed by atoms with van der Waals surface area (Å²) < 4.78 is 2.97. The first-order valence-corrected chi connectivity index (χ1v) is 14.6. The highest BCUT2D eigenvalue weighted by Gasteiger charge is 2.50. The number of imidazole rings is 1. The van der Waals surface area contributed by atoms with Gasteiger partial charge in [0.1, 0.15) is 5.82 Å². The fourth-order valence-electron chi connectivity index (χ4n) is 5.21. The molecule has 1 heterocycles. The third-order valence-electron chi connectivity index (χ3n) is 7.76. The summed E-state index contributed by atoms with van der Waals surface area (Å²) in [6, 6.07) is 28.8. The van der Waals surface area contributed by atoms with Gasteiger partial charge in [-0.2, -0.15) is 0 Å². The number of hydrogen-bond donors (Lipinski definition) is 2. The number of fused-ring (bicyclic) bond motifs is 1. The summed E-state index contributed by atoms with van der Waals surface area (Å²) in [5.41, 5.74) is 5.49. The van der Waals surface area contributed by atoms with E-state index in [1.54, 1.807) is 12.1 Å². The summed E-state index contributed by atoms with van der Waals surface area (Å²) in [6.07, 6.45) is 2.25. The van der Waals surface area contributed by atoms with Crippen molar-refractivity contribution in [2.45, 2.75) is 31.2 Å². The Morgan fingerprint density at radius 3 is 2.46 bits per heavy atom. The first kappa shape index (κ1) is 27.2. The van der Waals surface area contributed by atoms with Crippen LogP contribution < -0.4 is 10.6 Å². The van der Waals surface area contributed by atoms with Gasteiger partial charge in [0.15, 0.2) is 0 Å². The number of aromatic nitrogens is 2. The number of aryl methyl sites for hydroxylation is 1. The highest BCUT2D eigenvalue weighted by molar-refractivity contribution is 9.10. The van der Waals surface area contributed by atoms with E-state index in [0.29, 0.717) is 23.6 Å². The van der Waals surface area contributed by atoms with Gasteiger partial charge in [-0.3, -0.25) is 9.59 Å². The zero-order valence-electron chi connectivity index (χ0n) is 22.5. The monoisotopic (exact) mass is 626 g/mol. The van der Waals surface area contributed by atoms with Gasteiger partial charge < -0.3 is 15.2 Å². The molecule has 1 aliphatic carbocycles. The van der Waals surface area contributed by atoms with Crippen molar-refractivity contribution in [2.75, 3.05) is 5.32 Å². The second-order valence-electron chi connectivity index (χ2n) is 10.5. The van der Waals surface area contributed by atoms with E-state index in [4.69, 9.17) is 16.6 Å². The maximum atomic E-state index is 13.1. The van der Waals surface area contributed by atoms with E-state index in [-0.39, 0.29) is 11.8 Å². The molecular weight excluding hydrogens is 600 g/mol. The van der Waals surface area contributed by atoms with Crippen LogP contribution in [0.1, 0.15) is 45.7 Å². The minimum absolute atomic E-state index is 0.0653. The Bertz CT molecular complexity index is 1760. The van der Waals surface area contributed by atoms with Gasteiger partial charge in [0, 0.05) is 40.8 Å². The summed E-state index contributed by atoms with van der Waals surface area (Å²) in [4.78, 5) is 30.8. The number of carbonyl (C=O) groups excluding carboxylic acids is 2. The van der Waals surface area contributed by atoms with Crippen molar-refractivity contribution in [1.29, 1.82) is 0 Å². The van der Waals surface area contributed by atoms with Crippen LogP contribution in [0.4, 0.5) is 5.69 Å². The molecule has 6 nitrogen and oxygen atoms in total. The van der Waals surface area contributed by atoms with Crippen molar-refractivity contribution in [3.8, 4) is 0 Å². The van der Waals surface area contributed by atoms with Crippen LogP contribution in [0.25, 0.3) is 11.0 Å². The third-order valence-corrected chi connectivity index (χ3v) is 8.66. The molecule has 0 unspecified atom stereocenters. The smallest absolute Gasteiger partial charge is 0.255 e. The van der Waals surface area contributed by atoms with Gasteiger partial charge in [0.05, 0.1) is 16.4 Å². The largest absolute Gasteiger partial charge is 0.351 e. The molecule has 2 N–H and O–H groups in total. The fraction of sp³-hybridized carbons (Fsp3) is 0.182. The van der Waals surface area contributed by atoms with Gasteiger partial charge in [-0.05, 0) is 78.1 Å². The number of hydrogen-bond acceptors (Lipinski definition) is 3. The van der Waals surface area contributed by atoms with Crippen molar-refractivity contribution >= 4 is 56.1 Å². The van der Waals surface area contributed by atoms with E-state index in [1.807, 2.05) is 90.5 Å². The molecule has 1 fully saturated rings. The Morgan fingerprint density at radius 1 is 0.976 bits per heavy atom. The summed E-state index contributed by atoms with van der Waals surface area (Å²) in [6.45, 7) is 0.428. The number of benzene rings is 4. The molecular formula is C33H28BrClN4O2. The van der Waals surface area contributed by atoms with E-state index < -0.39 is 5.41 Å². The van der Waals surface area contributed by atoms with Gasteiger partial charge in [-0.1, -0.05) is 70.0 Å². The molecule has 206 valence electrons. The highest BCUT2D eigenvalue weighted by atomic mass is 79.9. The molecule has 0 atom stereocenters. The topological polar surface area (TPSA) is 76.0 Å². The molecule has 1 saturated carbocycles. The van der Waals surface area contributed by atoms with Crippen LogP contribution in [0.3, 0.4) is 0 Å². The Labute approximate surface area is 251 Å². The lowest BCUT2D eigenvalue weighted by Crippen LogP contribution is -2.34. The van der Waals surface area contributed by atoms with Crippen molar-refractivity contribution < 1.29 is 9.59 Å². The average molecular weight is 628 g/mol. The lowest BCUT2D eigenvalue weighted by Gasteiger charge is -2.16. The summed E-state index contributed by atoms with van der Waals surface area (Å²) in [5.74, 6) is 0.699. The number of halogens is 2. The first-order chi connectivity index (χ1) is 19.8. The second-order valence-corrected chi connectivity index (χ2v) is 11.8. The predicted molar refractivity (Wildman–Crippen MR) is 166 cm³/mol. The lowest BCUT2D eigenvalue weighted by molar-refractivity contribution is -0.123. The number of rotatable bonds is 8. The second kappa shape index (κ2) is 11.1. The summed E-state index contributed by atoms with van der Waals surface area (Å²) >= 11 is 10.0. The standard InChI is InChI=1S/C33H28BrClN4O2/c1-39-29-14-8-22(31(40)37-26-11-9-25(34)10-12-26)18-28(29)38-30(39)19-23-17-21(7-13-27(23)35)20-36-32(41)33(15-16-33)24-5-3-2-4-6-24/h2-14,17-18H,15-16,19-20H2,1H3,(H,36,41)(H,37,40). The fourth-order valence-corrected chi connectivity index (χ4v) is 5.66. The van der Waals surface area contributed by atoms with Crippen molar-refractivity contribution in [3.05, 3.63) is 129 Å². The molecule has 4 aromatic carbocycles. The predicted octanol–water partition coefficient (Wildman–Crippen LogP) is 7.18. The van der Waals surface area contributed by atoms with E-state index in [0.717, 1.165) is 56.5 Å². The normalized spacial score (nSPS) is 13.6. The molecule has 0 bridgehead atoms. The molecule has 1 aromatic heterocycles. The third kappa shape index (κ3) is 5.65. The van der Waals surface area contributed by atoms with Crippen LogP contribution in [-0.2, 0) is 30.2 Å². The van der Waals surface area contributed by atoms with Gasteiger partial charge in [-0.15, -0.1) is 0 Å². The molecule has 8 heteroatoms. The first-order valence-electron chi connectivity index (χ1n) is 13.5. The number of amides is 2. The molecule has 5 aromatic rings. The number of anilines is 1. The van der Waals surface area contributed by atoms with Crippen molar-refractivity contribution in [3.63, 3.8) is 0 Å². The van der Waals surface area contributed by atoms with E-state index >= 15 is 0 Å². The number of carbonyl (C=O) groups is 2. The van der Waals surface area contributed by atoms with Crippen molar-refractivity contribution in [2.24, 2.45) is 7.05 Å². The molecule has 6 rings (SSSR count). The zero-order valence-corrected chi connectivity index (χ0v) is 24.8. The Morgan fingerprint density at radius 2 is 1.73 bits per heavy atom. The van der Waals surface area contributed by atoms with E-state index in [9.17, 15) is 9.59 Å². The molecule has 41 heavy (non-hydrogen) atoms. The average Bonchev–Trinajstić information content (AvgIpc) is 3.75. The van der Waals surface area contributed by atoms with Crippen molar-refractivity contribution in [1.82, 2.24) is 14.9 Å². The minimum Gasteiger partial charge on any atom is -0.351 e. The Hall–Kier alpha value is -3.94. The Balaban J connectivity index is 1.16. The maximum Gasteiger partial charge on any atom is 0.255 e. The summed E-state index contributed by atoms with van der Waals surface area (Å²) in [5, 5.41) is 6.71. The van der Waals surface area contributed by atoms with Gasteiger partial charge >= 0.3 is 0 Å². The lowest BCUT2D eigenvalue weighted by atomic mass is 9.95. The van der Waals surface area contributed by atoms with Gasteiger partial charge in [0.2, 0.25) is 5.91 Å². The SMILES string of the molecule is Cn1c(Cc2cc(CNC(=O)C3(c4ccccc4)CC3)ccc2Cl)nc2cc(C(=O)Nc3ccc(Br)cc3)ccc21. The van der Waals surface area contributed by atoms with Crippen LogP contribution in [0.15, 0.2) is 95.5 Å². The number of nitrogens with zero attached hydrogens (tertiary/aromatic N) is 2. The molecule has 0 radical (unpaired) electrons. The molecule has 0 aliphatic heterocycles. The van der Waals surface area contributed by atoms with Crippen LogP contribution in [-0.4, -0.2) is 21.4 Å². The zero-order chi connectivity index (χ0) is 28.6. The van der Waals surface area contributed by atoms with Gasteiger partial charge in [0.25, 0.3) is 5.91 Å². The van der Waals surface area contributed by atoms with Crippen LogP contribution in [0.2, 0.25) is 5.02 Å². The van der Waals surface area contributed by atoms with E-state index in [2.05, 4.69) is 26.6 Å². The van der Waals surface area contributed by atoms with Crippen LogP contribution in [0, 0.1) is 0 Å². The van der Waals surface area contributed by atoms with E-state index in [1.165, 1.54) is 0 Å². The van der Waals surface area contributed by atoms with Crippen LogP contribution in [0.5, 0.6) is 0 Å². The van der Waals surface area contributed by atoms with Crippen LogP contribution >= 0.6 is 27.5 Å². The maximum absolute atomic E-state index is 13.1. The highest BCUT2D eigenvalue weighted by Crippen LogP contribution is 2.48. The minimum atomic E-state index is -0.405.